The number of amides is 1. The Balaban J connectivity index is 2.55. The number of rotatable bonds is 5. The summed E-state index contributed by atoms with van der Waals surface area (Å²) >= 11 is 5.94. The van der Waals surface area contributed by atoms with Crippen molar-refractivity contribution in [2.45, 2.75) is 25.8 Å². The van der Waals surface area contributed by atoms with Gasteiger partial charge in [-0.25, -0.2) is 0 Å². The van der Waals surface area contributed by atoms with Crippen LogP contribution < -0.4 is 5.32 Å². The van der Waals surface area contributed by atoms with Gasteiger partial charge in [-0.3, -0.25) is 4.79 Å². The predicted octanol–water partition coefficient (Wildman–Crippen LogP) is 1.77. The van der Waals surface area contributed by atoms with Crippen LogP contribution in [0.5, 0.6) is 0 Å². The van der Waals surface area contributed by atoms with Crippen molar-refractivity contribution in [1.29, 1.82) is 0 Å². The van der Waals surface area contributed by atoms with Gasteiger partial charge in [0, 0.05) is 5.02 Å². The zero-order chi connectivity index (χ0) is 12.0. The van der Waals surface area contributed by atoms with Crippen molar-refractivity contribution in [3.8, 4) is 0 Å². The predicted molar refractivity (Wildman–Crippen MR) is 64.5 cm³/mol. The van der Waals surface area contributed by atoms with Crippen LogP contribution in [0.1, 0.15) is 18.9 Å². The molecule has 0 aliphatic heterocycles. The van der Waals surface area contributed by atoms with Gasteiger partial charge in [-0.05, 0) is 18.1 Å². The van der Waals surface area contributed by atoms with Gasteiger partial charge in [-0.2, -0.15) is 0 Å². The molecular weight excluding hydrogens is 226 g/mol. The van der Waals surface area contributed by atoms with Crippen molar-refractivity contribution < 1.29 is 9.90 Å². The molecule has 88 valence electrons. The average molecular weight is 242 g/mol. The molecule has 1 aromatic carbocycles. The topological polar surface area (TPSA) is 49.3 Å². The van der Waals surface area contributed by atoms with Crippen molar-refractivity contribution in [2.75, 3.05) is 6.61 Å². The lowest BCUT2D eigenvalue weighted by molar-refractivity contribution is -0.121. The zero-order valence-corrected chi connectivity index (χ0v) is 10.00. The first-order valence-electron chi connectivity index (χ1n) is 5.31. The first kappa shape index (κ1) is 13.0. The highest BCUT2D eigenvalue weighted by Crippen LogP contribution is 2.15. The van der Waals surface area contributed by atoms with E-state index in [0.29, 0.717) is 11.4 Å². The minimum absolute atomic E-state index is 0.0369. The minimum Gasteiger partial charge on any atom is -0.394 e. The SMILES string of the molecule is CC[C@H](CO)NC(=O)Cc1ccccc1Cl. The fourth-order valence-electron chi connectivity index (χ4n) is 1.37. The minimum atomic E-state index is -0.171. The Hall–Kier alpha value is -1.06. The molecule has 0 spiro atoms. The van der Waals surface area contributed by atoms with Crippen molar-refractivity contribution in [3.63, 3.8) is 0 Å². The first-order valence-corrected chi connectivity index (χ1v) is 5.68. The summed E-state index contributed by atoms with van der Waals surface area (Å²) in [6.45, 7) is 1.88. The van der Waals surface area contributed by atoms with E-state index in [1.165, 1.54) is 0 Å². The summed E-state index contributed by atoms with van der Waals surface area (Å²) < 4.78 is 0. The van der Waals surface area contributed by atoms with Gasteiger partial charge in [0.1, 0.15) is 0 Å². The van der Waals surface area contributed by atoms with Crippen LogP contribution in [0.15, 0.2) is 24.3 Å². The fraction of sp³-hybridized carbons (Fsp3) is 0.417. The van der Waals surface area contributed by atoms with Crippen LogP contribution >= 0.6 is 11.6 Å². The maximum Gasteiger partial charge on any atom is 0.224 e. The van der Waals surface area contributed by atoms with Gasteiger partial charge in [0.2, 0.25) is 5.91 Å². The van der Waals surface area contributed by atoms with Crippen LogP contribution in [0, 0.1) is 0 Å². The number of hydrogen-bond acceptors (Lipinski definition) is 2. The Morgan fingerprint density at radius 3 is 2.75 bits per heavy atom. The van der Waals surface area contributed by atoms with Gasteiger partial charge in [-0.15, -0.1) is 0 Å². The molecule has 1 atom stereocenters. The molecule has 0 fully saturated rings. The summed E-state index contributed by atoms with van der Waals surface area (Å²) in [5, 5.41) is 12.3. The van der Waals surface area contributed by atoms with Gasteiger partial charge in [0.15, 0.2) is 0 Å². The average Bonchev–Trinajstić information content (AvgIpc) is 2.29. The van der Waals surface area contributed by atoms with E-state index in [2.05, 4.69) is 5.32 Å². The molecule has 1 amide bonds. The molecule has 3 nitrogen and oxygen atoms in total. The smallest absolute Gasteiger partial charge is 0.224 e. The standard InChI is InChI=1S/C12H16ClNO2/c1-2-10(8-15)14-12(16)7-9-5-3-4-6-11(9)13/h3-6,10,15H,2,7-8H2,1H3,(H,14,16)/t10-/m1/s1. The molecule has 0 bridgehead atoms. The molecule has 1 rings (SSSR count). The van der Waals surface area contributed by atoms with E-state index in [1.807, 2.05) is 25.1 Å². The summed E-state index contributed by atoms with van der Waals surface area (Å²) in [4.78, 5) is 11.6. The van der Waals surface area contributed by atoms with Crippen molar-refractivity contribution in [1.82, 2.24) is 5.32 Å². The maximum atomic E-state index is 11.6. The van der Waals surface area contributed by atoms with Gasteiger partial charge in [0.05, 0.1) is 19.1 Å². The Bertz CT molecular complexity index is 351. The van der Waals surface area contributed by atoms with E-state index in [-0.39, 0.29) is 25.0 Å². The normalized spacial score (nSPS) is 12.2. The third kappa shape index (κ3) is 3.83. The summed E-state index contributed by atoms with van der Waals surface area (Å²) in [7, 11) is 0. The molecule has 0 unspecified atom stereocenters. The highest BCUT2D eigenvalue weighted by atomic mass is 35.5. The zero-order valence-electron chi connectivity index (χ0n) is 9.24. The van der Waals surface area contributed by atoms with Gasteiger partial charge in [-0.1, -0.05) is 36.7 Å². The highest BCUT2D eigenvalue weighted by Gasteiger charge is 2.10. The second-order valence-corrected chi connectivity index (χ2v) is 4.03. The van der Waals surface area contributed by atoms with Crippen molar-refractivity contribution in [3.05, 3.63) is 34.9 Å². The van der Waals surface area contributed by atoms with E-state index in [4.69, 9.17) is 16.7 Å². The third-order valence-electron chi connectivity index (χ3n) is 2.39. The van der Waals surface area contributed by atoms with E-state index in [0.717, 1.165) is 5.56 Å². The number of nitrogens with one attached hydrogen (secondary N) is 1. The quantitative estimate of drug-likeness (QED) is 0.826. The summed E-state index contributed by atoms with van der Waals surface area (Å²) in [5.74, 6) is -0.117. The lowest BCUT2D eigenvalue weighted by atomic mass is 10.1. The van der Waals surface area contributed by atoms with E-state index in [1.54, 1.807) is 6.07 Å². The Kier molecular flexibility index (Phi) is 5.29. The molecular formula is C12H16ClNO2. The van der Waals surface area contributed by atoms with E-state index in [9.17, 15) is 4.79 Å². The van der Waals surface area contributed by atoms with Crippen molar-refractivity contribution in [2.24, 2.45) is 0 Å². The first-order chi connectivity index (χ1) is 7.67. The van der Waals surface area contributed by atoms with Crippen LogP contribution in [-0.4, -0.2) is 23.7 Å². The second kappa shape index (κ2) is 6.51. The fourth-order valence-corrected chi connectivity index (χ4v) is 1.57. The maximum absolute atomic E-state index is 11.6. The molecule has 4 heteroatoms. The molecule has 0 radical (unpaired) electrons. The molecule has 1 aromatic rings. The summed E-state index contributed by atoms with van der Waals surface area (Å²) in [5.41, 5.74) is 0.800. The number of carbonyl (C=O) groups is 1. The van der Waals surface area contributed by atoms with Gasteiger partial charge >= 0.3 is 0 Å². The molecule has 2 N–H and O–H groups in total. The summed E-state index contributed by atoms with van der Waals surface area (Å²) in [6.07, 6.45) is 0.959. The largest absolute Gasteiger partial charge is 0.394 e. The highest BCUT2D eigenvalue weighted by molar-refractivity contribution is 6.31. The lowest BCUT2D eigenvalue weighted by Gasteiger charge is -2.14. The van der Waals surface area contributed by atoms with E-state index < -0.39 is 0 Å². The Morgan fingerprint density at radius 2 is 2.19 bits per heavy atom. The molecule has 0 heterocycles. The number of carbonyl (C=O) groups excluding carboxylic acids is 1. The second-order valence-electron chi connectivity index (χ2n) is 3.62. The van der Waals surface area contributed by atoms with Gasteiger partial charge in [0.25, 0.3) is 0 Å². The van der Waals surface area contributed by atoms with Crippen LogP contribution in [0.4, 0.5) is 0 Å². The number of hydrogen-bond donors (Lipinski definition) is 2. The molecule has 0 aliphatic rings. The monoisotopic (exact) mass is 241 g/mol. The van der Waals surface area contributed by atoms with Crippen molar-refractivity contribution >= 4 is 17.5 Å². The van der Waals surface area contributed by atoms with Crippen LogP contribution in [0.25, 0.3) is 0 Å². The Labute approximate surface area is 100 Å². The summed E-state index contributed by atoms with van der Waals surface area (Å²) in [6, 6.07) is 7.08. The van der Waals surface area contributed by atoms with E-state index >= 15 is 0 Å². The molecule has 16 heavy (non-hydrogen) atoms. The van der Waals surface area contributed by atoms with Crippen LogP contribution in [0.3, 0.4) is 0 Å². The molecule has 0 saturated heterocycles. The van der Waals surface area contributed by atoms with Crippen LogP contribution in [-0.2, 0) is 11.2 Å². The number of aliphatic hydroxyl groups excluding tert-OH is 1. The lowest BCUT2D eigenvalue weighted by Crippen LogP contribution is -2.37. The molecule has 0 saturated carbocycles. The number of halogens is 1. The number of benzene rings is 1. The molecule has 0 aliphatic carbocycles. The number of aliphatic hydroxyl groups is 1. The van der Waals surface area contributed by atoms with Gasteiger partial charge < -0.3 is 10.4 Å². The van der Waals surface area contributed by atoms with Crippen LogP contribution in [0.2, 0.25) is 5.02 Å². The molecule has 0 aromatic heterocycles. The Morgan fingerprint density at radius 1 is 1.50 bits per heavy atom. The third-order valence-corrected chi connectivity index (χ3v) is 2.76.